The van der Waals surface area contributed by atoms with Crippen LogP contribution in [0, 0.1) is 0 Å². The molecule has 1 N–H and O–H groups in total. The van der Waals surface area contributed by atoms with Crippen molar-refractivity contribution < 1.29 is 4.79 Å². The molecule has 1 aliphatic heterocycles. The molecule has 0 aromatic carbocycles. The van der Waals surface area contributed by atoms with Crippen LogP contribution in [0.15, 0.2) is 41.7 Å². The van der Waals surface area contributed by atoms with Crippen molar-refractivity contribution in [1.29, 1.82) is 0 Å². The van der Waals surface area contributed by atoms with E-state index >= 15 is 0 Å². The minimum atomic E-state index is 0. The summed E-state index contributed by atoms with van der Waals surface area (Å²) in [6.07, 6.45) is 7.47. The van der Waals surface area contributed by atoms with Gasteiger partial charge in [0.1, 0.15) is 0 Å². The number of nitrogens with one attached hydrogen (secondary N) is 1. The lowest BCUT2D eigenvalue weighted by Gasteiger charge is -2.13. The van der Waals surface area contributed by atoms with Gasteiger partial charge in [-0.3, -0.25) is 9.78 Å². The van der Waals surface area contributed by atoms with Gasteiger partial charge < -0.3 is 5.32 Å². The van der Waals surface area contributed by atoms with E-state index in [-0.39, 0.29) is 18.3 Å². The standard InChI is InChI=1S/C13H12N2O.ClH/c16-13-12-8-11(7-10(12)3-6-15-13)9-1-4-14-5-2-9;/h1-2,4-5,8H,3,6-7H2,(H,15,16);1H. The van der Waals surface area contributed by atoms with Gasteiger partial charge in [0.2, 0.25) is 0 Å². The molecular weight excluding hydrogens is 236 g/mol. The van der Waals surface area contributed by atoms with Gasteiger partial charge in [0.15, 0.2) is 0 Å². The first-order valence-corrected chi connectivity index (χ1v) is 5.46. The number of halogens is 1. The molecule has 1 aromatic rings. The third-order valence-electron chi connectivity index (χ3n) is 3.11. The number of hydrogen-bond acceptors (Lipinski definition) is 2. The van der Waals surface area contributed by atoms with Crippen LogP contribution in [0.1, 0.15) is 18.4 Å². The lowest BCUT2D eigenvalue weighted by molar-refractivity contribution is -0.117. The van der Waals surface area contributed by atoms with Crippen molar-refractivity contribution in [3.8, 4) is 0 Å². The van der Waals surface area contributed by atoms with Gasteiger partial charge in [-0.2, -0.15) is 0 Å². The maximum absolute atomic E-state index is 11.6. The summed E-state index contributed by atoms with van der Waals surface area (Å²) in [5.74, 6) is 0.0744. The Labute approximate surface area is 106 Å². The van der Waals surface area contributed by atoms with Gasteiger partial charge >= 0.3 is 0 Å². The number of carbonyl (C=O) groups excluding carboxylic acids is 1. The fourth-order valence-corrected chi connectivity index (χ4v) is 2.28. The first-order valence-electron chi connectivity index (χ1n) is 5.46. The fraction of sp³-hybridized carbons (Fsp3) is 0.231. The summed E-state index contributed by atoms with van der Waals surface area (Å²) in [6, 6.07) is 3.98. The predicted molar refractivity (Wildman–Crippen MR) is 68.7 cm³/mol. The van der Waals surface area contributed by atoms with Gasteiger partial charge in [-0.05, 0) is 42.2 Å². The first-order chi connectivity index (χ1) is 7.84. The summed E-state index contributed by atoms with van der Waals surface area (Å²) >= 11 is 0. The van der Waals surface area contributed by atoms with Crippen molar-refractivity contribution in [2.24, 2.45) is 0 Å². The Kier molecular flexibility index (Phi) is 3.29. The van der Waals surface area contributed by atoms with Crippen LogP contribution in [-0.4, -0.2) is 17.4 Å². The number of amides is 1. The molecule has 3 rings (SSSR count). The van der Waals surface area contributed by atoms with Crippen LogP contribution < -0.4 is 5.32 Å². The van der Waals surface area contributed by atoms with Crippen LogP contribution in [0.3, 0.4) is 0 Å². The summed E-state index contributed by atoms with van der Waals surface area (Å²) < 4.78 is 0. The number of hydrogen-bond donors (Lipinski definition) is 1. The van der Waals surface area contributed by atoms with E-state index in [1.807, 2.05) is 18.2 Å². The van der Waals surface area contributed by atoms with Crippen LogP contribution >= 0.6 is 12.4 Å². The largest absolute Gasteiger partial charge is 0.352 e. The van der Waals surface area contributed by atoms with Gasteiger partial charge in [0.05, 0.1) is 0 Å². The van der Waals surface area contributed by atoms with E-state index in [1.165, 1.54) is 11.1 Å². The predicted octanol–water partition coefficient (Wildman–Crippen LogP) is 2.11. The molecule has 17 heavy (non-hydrogen) atoms. The second-order valence-corrected chi connectivity index (χ2v) is 4.11. The zero-order valence-electron chi connectivity index (χ0n) is 9.27. The molecule has 2 heterocycles. The molecule has 1 aromatic heterocycles. The molecule has 0 spiro atoms. The number of pyridine rings is 1. The third kappa shape index (κ3) is 2.11. The summed E-state index contributed by atoms with van der Waals surface area (Å²) in [5.41, 5.74) is 4.54. The number of rotatable bonds is 1. The van der Waals surface area contributed by atoms with Crippen molar-refractivity contribution in [3.05, 3.63) is 47.3 Å². The monoisotopic (exact) mass is 248 g/mol. The molecular formula is C13H13ClN2O. The zero-order valence-corrected chi connectivity index (χ0v) is 10.1. The lowest BCUT2D eigenvalue weighted by atomic mass is 10.0. The Morgan fingerprint density at radius 3 is 2.71 bits per heavy atom. The Hall–Kier alpha value is -1.61. The molecule has 2 aliphatic rings. The number of allylic oxidation sites excluding steroid dienone is 1. The van der Waals surface area contributed by atoms with Crippen LogP contribution in [-0.2, 0) is 4.79 Å². The van der Waals surface area contributed by atoms with Crippen LogP contribution in [0.25, 0.3) is 5.57 Å². The second kappa shape index (κ2) is 4.72. The van der Waals surface area contributed by atoms with Crippen molar-refractivity contribution in [3.63, 3.8) is 0 Å². The SMILES string of the molecule is Cl.O=C1NCCC2=C1C=C(c1ccncc1)C2. The molecule has 1 amide bonds. The summed E-state index contributed by atoms with van der Waals surface area (Å²) in [5, 5.41) is 2.87. The van der Waals surface area contributed by atoms with E-state index in [0.717, 1.165) is 30.5 Å². The lowest BCUT2D eigenvalue weighted by Crippen LogP contribution is -2.29. The normalized spacial score (nSPS) is 18.1. The number of nitrogens with zero attached hydrogens (tertiary/aromatic N) is 1. The summed E-state index contributed by atoms with van der Waals surface area (Å²) in [7, 11) is 0. The first kappa shape index (κ1) is 11.9. The van der Waals surface area contributed by atoms with E-state index in [0.29, 0.717) is 0 Å². The highest BCUT2D eigenvalue weighted by atomic mass is 35.5. The van der Waals surface area contributed by atoms with E-state index < -0.39 is 0 Å². The topological polar surface area (TPSA) is 42.0 Å². The second-order valence-electron chi connectivity index (χ2n) is 4.11. The molecule has 0 saturated carbocycles. The van der Waals surface area contributed by atoms with Gasteiger partial charge in [0, 0.05) is 24.5 Å². The molecule has 4 heteroatoms. The summed E-state index contributed by atoms with van der Waals surface area (Å²) in [4.78, 5) is 15.6. The smallest absolute Gasteiger partial charge is 0.251 e. The molecule has 0 fully saturated rings. The Morgan fingerprint density at radius 2 is 2.00 bits per heavy atom. The molecule has 0 radical (unpaired) electrons. The van der Waals surface area contributed by atoms with Crippen molar-refractivity contribution in [2.45, 2.75) is 12.8 Å². The molecule has 0 unspecified atom stereocenters. The highest BCUT2D eigenvalue weighted by Crippen LogP contribution is 2.35. The van der Waals surface area contributed by atoms with Gasteiger partial charge in [-0.15, -0.1) is 12.4 Å². The molecule has 0 saturated heterocycles. The van der Waals surface area contributed by atoms with E-state index in [1.54, 1.807) is 12.4 Å². The summed E-state index contributed by atoms with van der Waals surface area (Å²) in [6.45, 7) is 0.773. The zero-order chi connectivity index (χ0) is 11.0. The van der Waals surface area contributed by atoms with Crippen molar-refractivity contribution in [1.82, 2.24) is 10.3 Å². The van der Waals surface area contributed by atoms with Gasteiger partial charge in [-0.1, -0.05) is 5.57 Å². The van der Waals surface area contributed by atoms with Crippen molar-refractivity contribution in [2.75, 3.05) is 6.54 Å². The van der Waals surface area contributed by atoms with Crippen LogP contribution in [0.5, 0.6) is 0 Å². The molecule has 3 nitrogen and oxygen atoms in total. The van der Waals surface area contributed by atoms with Crippen LogP contribution in [0.4, 0.5) is 0 Å². The average Bonchev–Trinajstić information content (AvgIpc) is 2.76. The molecule has 1 aliphatic carbocycles. The van der Waals surface area contributed by atoms with E-state index in [9.17, 15) is 4.79 Å². The molecule has 0 bridgehead atoms. The number of aromatic nitrogens is 1. The third-order valence-corrected chi connectivity index (χ3v) is 3.11. The van der Waals surface area contributed by atoms with E-state index in [4.69, 9.17) is 0 Å². The van der Waals surface area contributed by atoms with Crippen LogP contribution in [0.2, 0.25) is 0 Å². The Morgan fingerprint density at radius 1 is 1.24 bits per heavy atom. The minimum absolute atomic E-state index is 0. The number of carbonyl (C=O) groups is 1. The maximum Gasteiger partial charge on any atom is 0.251 e. The average molecular weight is 249 g/mol. The molecule has 0 atom stereocenters. The highest BCUT2D eigenvalue weighted by molar-refractivity contribution is 6.02. The van der Waals surface area contributed by atoms with E-state index in [2.05, 4.69) is 10.3 Å². The van der Waals surface area contributed by atoms with Gasteiger partial charge in [-0.25, -0.2) is 0 Å². The fourth-order valence-electron chi connectivity index (χ4n) is 2.28. The highest BCUT2D eigenvalue weighted by Gasteiger charge is 2.24. The minimum Gasteiger partial charge on any atom is -0.352 e. The van der Waals surface area contributed by atoms with Gasteiger partial charge in [0.25, 0.3) is 5.91 Å². The maximum atomic E-state index is 11.6. The molecule has 88 valence electrons. The quantitative estimate of drug-likeness (QED) is 0.827. The Bertz CT molecular complexity index is 505. The van der Waals surface area contributed by atoms with Crippen molar-refractivity contribution >= 4 is 23.9 Å². The Balaban J connectivity index is 0.00000108.